The second-order valence-electron chi connectivity index (χ2n) is 4.47. The van der Waals surface area contributed by atoms with E-state index < -0.39 is 0 Å². The highest BCUT2D eigenvalue weighted by atomic mass is 16.1. The van der Waals surface area contributed by atoms with Gasteiger partial charge < -0.3 is 5.73 Å². The maximum absolute atomic E-state index is 12.1. The molecule has 0 aliphatic rings. The second-order valence-corrected chi connectivity index (χ2v) is 4.47. The van der Waals surface area contributed by atoms with E-state index in [0.29, 0.717) is 19.0 Å². The molecule has 2 rings (SSSR count). The topological polar surface area (TPSA) is 63.8 Å². The summed E-state index contributed by atoms with van der Waals surface area (Å²) >= 11 is 0. The SMILES string of the molecule is CC(C)Cn1[nH]c2cccc(CN)c2c1=O. The fourth-order valence-electron chi connectivity index (χ4n) is 1.94. The zero-order chi connectivity index (χ0) is 11.7. The van der Waals surface area contributed by atoms with Crippen LogP contribution in [0.25, 0.3) is 10.9 Å². The largest absolute Gasteiger partial charge is 0.326 e. The van der Waals surface area contributed by atoms with Crippen LogP contribution in [-0.2, 0) is 13.1 Å². The number of fused-ring (bicyclic) bond motifs is 1. The first kappa shape index (κ1) is 11.0. The standard InChI is InChI=1S/C12H17N3O/c1-8(2)7-15-12(16)11-9(6-13)4-3-5-10(11)14-15/h3-5,8,14H,6-7,13H2,1-2H3. The van der Waals surface area contributed by atoms with Gasteiger partial charge in [-0.15, -0.1) is 0 Å². The number of nitrogens with one attached hydrogen (secondary N) is 1. The lowest BCUT2D eigenvalue weighted by atomic mass is 10.1. The summed E-state index contributed by atoms with van der Waals surface area (Å²) in [6, 6.07) is 5.73. The monoisotopic (exact) mass is 219 g/mol. The molecule has 0 unspecified atom stereocenters. The summed E-state index contributed by atoms with van der Waals surface area (Å²) in [7, 11) is 0. The molecule has 0 aliphatic heterocycles. The lowest BCUT2D eigenvalue weighted by Crippen LogP contribution is -2.20. The molecule has 0 fully saturated rings. The minimum Gasteiger partial charge on any atom is -0.326 e. The van der Waals surface area contributed by atoms with E-state index in [0.717, 1.165) is 16.5 Å². The molecule has 0 bridgehead atoms. The van der Waals surface area contributed by atoms with E-state index in [2.05, 4.69) is 18.9 Å². The number of H-pyrrole nitrogens is 1. The van der Waals surface area contributed by atoms with Crippen LogP contribution in [-0.4, -0.2) is 9.78 Å². The van der Waals surface area contributed by atoms with Gasteiger partial charge in [0, 0.05) is 13.1 Å². The van der Waals surface area contributed by atoms with Gasteiger partial charge in [-0.3, -0.25) is 14.6 Å². The van der Waals surface area contributed by atoms with Gasteiger partial charge in [0.05, 0.1) is 10.9 Å². The van der Waals surface area contributed by atoms with E-state index in [-0.39, 0.29) is 5.56 Å². The summed E-state index contributed by atoms with van der Waals surface area (Å²) in [6.45, 7) is 5.27. The predicted molar refractivity (Wildman–Crippen MR) is 65.3 cm³/mol. The summed E-state index contributed by atoms with van der Waals surface area (Å²) in [4.78, 5) is 12.1. The van der Waals surface area contributed by atoms with Gasteiger partial charge in [0.2, 0.25) is 0 Å². The van der Waals surface area contributed by atoms with Crippen molar-refractivity contribution in [2.24, 2.45) is 11.7 Å². The van der Waals surface area contributed by atoms with E-state index in [1.54, 1.807) is 4.68 Å². The third-order valence-electron chi connectivity index (χ3n) is 2.63. The Morgan fingerprint density at radius 2 is 2.19 bits per heavy atom. The summed E-state index contributed by atoms with van der Waals surface area (Å²) in [5.74, 6) is 0.437. The van der Waals surface area contributed by atoms with Gasteiger partial charge in [0.15, 0.2) is 0 Å². The van der Waals surface area contributed by atoms with Gasteiger partial charge in [-0.2, -0.15) is 0 Å². The van der Waals surface area contributed by atoms with Crippen LogP contribution < -0.4 is 11.3 Å². The molecular weight excluding hydrogens is 202 g/mol. The van der Waals surface area contributed by atoms with Crippen molar-refractivity contribution >= 4 is 10.9 Å². The van der Waals surface area contributed by atoms with Crippen molar-refractivity contribution in [3.63, 3.8) is 0 Å². The van der Waals surface area contributed by atoms with E-state index in [9.17, 15) is 4.79 Å². The van der Waals surface area contributed by atoms with Gasteiger partial charge in [-0.1, -0.05) is 26.0 Å². The summed E-state index contributed by atoms with van der Waals surface area (Å²) < 4.78 is 1.66. The molecule has 16 heavy (non-hydrogen) atoms. The number of aromatic nitrogens is 2. The van der Waals surface area contributed by atoms with Crippen LogP contribution in [0, 0.1) is 5.92 Å². The van der Waals surface area contributed by atoms with Crippen molar-refractivity contribution in [3.8, 4) is 0 Å². The molecule has 0 saturated heterocycles. The lowest BCUT2D eigenvalue weighted by Gasteiger charge is -2.03. The number of nitrogens with two attached hydrogens (primary N) is 1. The highest BCUT2D eigenvalue weighted by molar-refractivity contribution is 5.81. The Kier molecular flexibility index (Phi) is 2.83. The van der Waals surface area contributed by atoms with E-state index in [1.807, 2.05) is 18.2 Å². The highest BCUT2D eigenvalue weighted by Crippen LogP contribution is 2.13. The molecule has 0 radical (unpaired) electrons. The summed E-state index contributed by atoms with van der Waals surface area (Å²) in [5, 5.41) is 3.85. The molecule has 1 aromatic carbocycles. The van der Waals surface area contributed by atoms with Crippen molar-refractivity contribution in [2.45, 2.75) is 26.9 Å². The number of hydrogen-bond acceptors (Lipinski definition) is 2. The Morgan fingerprint density at radius 3 is 2.81 bits per heavy atom. The first-order chi connectivity index (χ1) is 7.63. The number of benzene rings is 1. The molecule has 1 aromatic heterocycles. The van der Waals surface area contributed by atoms with Gasteiger partial charge in [0.1, 0.15) is 0 Å². The average Bonchev–Trinajstić information content (AvgIpc) is 2.55. The predicted octanol–water partition coefficient (Wildman–Crippen LogP) is 1.44. The first-order valence-electron chi connectivity index (χ1n) is 5.54. The highest BCUT2D eigenvalue weighted by Gasteiger charge is 2.10. The molecule has 2 aromatic rings. The number of rotatable bonds is 3. The minimum atomic E-state index is 0.0322. The first-order valence-corrected chi connectivity index (χ1v) is 5.54. The number of aromatic amines is 1. The van der Waals surface area contributed by atoms with Crippen molar-refractivity contribution in [1.29, 1.82) is 0 Å². The molecule has 0 amide bonds. The average molecular weight is 219 g/mol. The minimum absolute atomic E-state index is 0.0322. The summed E-state index contributed by atoms with van der Waals surface area (Å²) in [5.41, 5.74) is 7.44. The fourth-order valence-corrected chi connectivity index (χ4v) is 1.94. The van der Waals surface area contributed by atoms with Gasteiger partial charge in [-0.25, -0.2) is 0 Å². The van der Waals surface area contributed by atoms with Gasteiger partial charge in [0.25, 0.3) is 5.56 Å². The van der Waals surface area contributed by atoms with Crippen LogP contribution in [0.1, 0.15) is 19.4 Å². The van der Waals surface area contributed by atoms with Crippen LogP contribution in [0.4, 0.5) is 0 Å². The second kappa shape index (κ2) is 4.14. The van der Waals surface area contributed by atoms with Crippen molar-refractivity contribution < 1.29 is 0 Å². The third-order valence-corrected chi connectivity index (χ3v) is 2.63. The Balaban J connectivity index is 2.64. The Hall–Kier alpha value is -1.55. The van der Waals surface area contributed by atoms with Crippen LogP contribution in [0.3, 0.4) is 0 Å². The zero-order valence-electron chi connectivity index (χ0n) is 9.66. The zero-order valence-corrected chi connectivity index (χ0v) is 9.66. The smallest absolute Gasteiger partial charge is 0.274 e. The molecule has 4 nitrogen and oxygen atoms in total. The van der Waals surface area contributed by atoms with Gasteiger partial charge >= 0.3 is 0 Å². The number of hydrogen-bond donors (Lipinski definition) is 2. The molecule has 0 aliphatic carbocycles. The summed E-state index contributed by atoms with van der Waals surface area (Å²) in [6.07, 6.45) is 0. The van der Waals surface area contributed by atoms with Crippen molar-refractivity contribution in [1.82, 2.24) is 9.78 Å². The molecule has 0 saturated carbocycles. The lowest BCUT2D eigenvalue weighted by molar-refractivity contribution is 0.476. The molecule has 4 heteroatoms. The maximum atomic E-state index is 12.1. The van der Waals surface area contributed by atoms with Crippen molar-refractivity contribution in [3.05, 3.63) is 34.1 Å². The normalized spacial score (nSPS) is 11.5. The molecule has 3 N–H and O–H groups in total. The van der Waals surface area contributed by atoms with Crippen LogP contribution in [0.5, 0.6) is 0 Å². The van der Waals surface area contributed by atoms with E-state index >= 15 is 0 Å². The molecular formula is C12H17N3O. The van der Waals surface area contributed by atoms with E-state index in [1.165, 1.54) is 0 Å². The molecule has 86 valence electrons. The Morgan fingerprint density at radius 1 is 1.44 bits per heavy atom. The Labute approximate surface area is 94.0 Å². The van der Waals surface area contributed by atoms with Crippen LogP contribution in [0.2, 0.25) is 0 Å². The van der Waals surface area contributed by atoms with Crippen molar-refractivity contribution in [2.75, 3.05) is 0 Å². The number of nitrogens with zero attached hydrogens (tertiary/aromatic N) is 1. The Bertz CT molecular complexity index is 551. The maximum Gasteiger partial charge on any atom is 0.274 e. The van der Waals surface area contributed by atoms with Crippen LogP contribution >= 0.6 is 0 Å². The quantitative estimate of drug-likeness (QED) is 0.820. The van der Waals surface area contributed by atoms with Crippen LogP contribution in [0.15, 0.2) is 23.0 Å². The van der Waals surface area contributed by atoms with E-state index in [4.69, 9.17) is 5.73 Å². The molecule has 0 spiro atoms. The molecule has 1 heterocycles. The third kappa shape index (κ3) is 1.76. The van der Waals surface area contributed by atoms with Gasteiger partial charge in [-0.05, 0) is 17.5 Å². The fraction of sp³-hybridized carbons (Fsp3) is 0.417. The molecule has 0 atom stereocenters.